The molecule has 0 fully saturated rings. The van der Waals surface area contributed by atoms with E-state index < -0.39 is 26.0 Å². The lowest BCUT2D eigenvalue weighted by Gasteiger charge is -2.21. The molecule has 0 saturated heterocycles. The number of aromatic nitrogens is 1. The third-order valence-corrected chi connectivity index (χ3v) is 6.71. The molecule has 1 aromatic carbocycles. The lowest BCUT2D eigenvalue weighted by Crippen LogP contribution is -2.35. The molecule has 0 aliphatic heterocycles. The first-order chi connectivity index (χ1) is 11.4. The lowest BCUT2D eigenvalue weighted by atomic mass is 10.2. The fraction of sp³-hybridized carbons (Fsp3) is 0.231. The fourth-order valence-corrected chi connectivity index (χ4v) is 5.79. The van der Waals surface area contributed by atoms with Gasteiger partial charge in [-0.3, -0.25) is 4.79 Å². The van der Waals surface area contributed by atoms with Crippen molar-refractivity contribution >= 4 is 53.3 Å². The van der Waals surface area contributed by atoms with E-state index in [4.69, 9.17) is 4.52 Å². The number of nitrogens with one attached hydrogen (secondary N) is 1. The number of nitrogens with zero attached hydrogens (tertiary/aromatic N) is 2. The summed E-state index contributed by atoms with van der Waals surface area (Å²) in [4.78, 5) is 12.0. The number of sulfonamides is 2. The summed E-state index contributed by atoms with van der Waals surface area (Å²) in [5.41, 5.74) is 0.744. The molecule has 1 N–H and O–H groups in total. The Bertz CT molecular complexity index is 998. The Morgan fingerprint density at radius 1 is 1.16 bits per heavy atom. The van der Waals surface area contributed by atoms with Crippen LogP contribution in [-0.2, 0) is 20.0 Å². The topological polar surface area (TPSA) is 127 Å². The largest absolute Gasteiger partial charge is 0.351 e. The quantitative estimate of drug-likeness (QED) is 0.732. The second-order valence-electron chi connectivity index (χ2n) is 5.18. The second-order valence-corrected chi connectivity index (χ2v) is 9.92. The Labute approximate surface area is 153 Å². The maximum absolute atomic E-state index is 12.0. The van der Waals surface area contributed by atoms with Crippen molar-refractivity contribution in [3.8, 4) is 0 Å². The fourth-order valence-electron chi connectivity index (χ4n) is 2.00. The number of aryl methyl sites for hydroxylation is 1. The zero-order valence-electron chi connectivity index (χ0n) is 13.3. The number of benzene rings is 1. The van der Waals surface area contributed by atoms with Gasteiger partial charge in [-0.2, -0.15) is 3.71 Å². The van der Waals surface area contributed by atoms with E-state index in [-0.39, 0.29) is 15.9 Å². The molecule has 1 heterocycles. The number of halogens is 1. The van der Waals surface area contributed by atoms with E-state index >= 15 is 0 Å². The van der Waals surface area contributed by atoms with Crippen LogP contribution in [0.4, 0.5) is 11.4 Å². The number of rotatable bonds is 5. The first-order valence-corrected chi connectivity index (χ1v) is 11.1. The maximum atomic E-state index is 12.0. The SMILES string of the molecule is Cc1cc(C(=O)Nc2ccc(N(S(C)(=O)=O)S(C)(=O)=O)c(Br)c2)on1. The monoisotopic (exact) mass is 451 g/mol. The minimum Gasteiger partial charge on any atom is -0.351 e. The molecule has 2 rings (SSSR count). The highest BCUT2D eigenvalue weighted by Gasteiger charge is 2.29. The van der Waals surface area contributed by atoms with Crippen molar-refractivity contribution in [3.05, 3.63) is 40.2 Å². The van der Waals surface area contributed by atoms with Gasteiger partial charge in [0.2, 0.25) is 25.8 Å². The number of anilines is 2. The molecule has 0 bridgehead atoms. The molecular weight excluding hydrogens is 438 g/mol. The summed E-state index contributed by atoms with van der Waals surface area (Å²) in [6.07, 6.45) is 1.56. The minimum absolute atomic E-state index is 0.00611. The molecule has 1 aromatic heterocycles. The molecule has 1 amide bonds. The number of hydrogen-bond donors (Lipinski definition) is 1. The number of carbonyl (C=O) groups is 1. The van der Waals surface area contributed by atoms with E-state index in [1.807, 2.05) is 0 Å². The van der Waals surface area contributed by atoms with Gasteiger partial charge < -0.3 is 9.84 Å². The van der Waals surface area contributed by atoms with Crippen LogP contribution < -0.4 is 9.03 Å². The van der Waals surface area contributed by atoms with Crippen molar-refractivity contribution in [2.45, 2.75) is 6.92 Å². The summed E-state index contributed by atoms with van der Waals surface area (Å²) in [5, 5.41) is 6.14. The number of amides is 1. The van der Waals surface area contributed by atoms with E-state index in [0.717, 1.165) is 12.5 Å². The van der Waals surface area contributed by atoms with Gasteiger partial charge in [0.1, 0.15) is 0 Å². The van der Waals surface area contributed by atoms with Gasteiger partial charge in [0.25, 0.3) is 5.91 Å². The van der Waals surface area contributed by atoms with Gasteiger partial charge in [0.05, 0.1) is 23.9 Å². The third kappa shape index (κ3) is 4.58. The highest BCUT2D eigenvalue weighted by Crippen LogP contribution is 2.32. The summed E-state index contributed by atoms with van der Waals surface area (Å²) in [6, 6.07) is 5.45. The highest BCUT2D eigenvalue weighted by molar-refractivity contribution is 9.10. The smallest absolute Gasteiger partial charge is 0.294 e. The van der Waals surface area contributed by atoms with Gasteiger partial charge in [-0.05, 0) is 41.1 Å². The first kappa shape index (κ1) is 19.4. The molecule has 0 radical (unpaired) electrons. The predicted octanol–water partition coefficient (Wildman–Crippen LogP) is 1.72. The molecule has 25 heavy (non-hydrogen) atoms. The van der Waals surface area contributed by atoms with Crippen molar-refractivity contribution in [2.24, 2.45) is 0 Å². The molecule has 0 aliphatic carbocycles. The van der Waals surface area contributed by atoms with Crippen molar-refractivity contribution in [2.75, 3.05) is 21.5 Å². The van der Waals surface area contributed by atoms with Gasteiger partial charge in [0, 0.05) is 16.2 Å². The second kappa shape index (κ2) is 6.77. The van der Waals surface area contributed by atoms with Crippen LogP contribution >= 0.6 is 15.9 Å². The lowest BCUT2D eigenvalue weighted by molar-refractivity contribution is 0.0988. The summed E-state index contributed by atoms with van der Waals surface area (Å²) in [6.45, 7) is 1.66. The van der Waals surface area contributed by atoms with Gasteiger partial charge >= 0.3 is 0 Å². The van der Waals surface area contributed by atoms with Crippen LogP contribution in [0.5, 0.6) is 0 Å². The van der Waals surface area contributed by atoms with Crippen LogP contribution in [0.1, 0.15) is 16.2 Å². The summed E-state index contributed by atoms with van der Waals surface area (Å²) >= 11 is 3.13. The normalized spacial score (nSPS) is 12.0. The number of carbonyl (C=O) groups excluding carboxylic acids is 1. The zero-order chi connectivity index (χ0) is 19.0. The van der Waals surface area contributed by atoms with Crippen molar-refractivity contribution in [1.29, 1.82) is 0 Å². The maximum Gasteiger partial charge on any atom is 0.294 e. The summed E-state index contributed by atoms with van der Waals surface area (Å²) in [7, 11) is -8.14. The molecule has 0 spiro atoms. The molecule has 12 heteroatoms. The van der Waals surface area contributed by atoms with Crippen LogP contribution in [0.2, 0.25) is 0 Å². The summed E-state index contributed by atoms with van der Waals surface area (Å²) in [5.74, 6) is -0.546. The third-order valence-electron chi connectivity index (χ3n) is 2.86. The first-order valence-electron chi connectivity index (χ1n) is 6.64. The Kier molecular flexibility index (Phi) is 5.25. The van der Waals surface area contributed by atoms with Gasteiger partial charge in [-0.1, -0.05) is 5.16 Å². The van der Waals surface area contributed by atoms with Crippen LogP contribution in [0, 0.1) is 6.92 Å². The minimum atomic E-state index is -4.07. The van der Waals surface area contributed by atoms with E-state index in [2.05, 4.69) is 26.4 Å². The Morgan fingerprint density at radius 3 is 2.20 bits per heavy atom. The summed E-state index contributed by atoms with van der Waals surface area (Å²) < 4.78 is 52.6. The molecule has 0 unspecified atom stereocenters. The molecule has 0 aliphatic rings. The van der Waals surface area contributed by atoms with Crippen LogP contribution in [0.3, 0.4) is 0 Å². The van der Waals surface area contributed by atoms with Crippen LogP contribution in [-0.4, -0.2) is 40.4 Å². The zero-order valence-corrected chi connectivity index (χ0v) is 16.6. The molecule has 0 atom stereocenters. The van der Waals surface area contributed by atoms with Crippen molar-refractivity contribution in [1.82, 2.24) is 5.16 Å². The van der Waals surface area contributed by atoms with Crippen LogP contribution in [0.15, 0.2) is 33.3 Å². The van der Waals surface area contributed by atoms with E-state index in [9.17, 15) is 21.6 Å². The van der Waals surface area contributed by atoms with Gasteiger partial charge in [-0.15, -0.1) is 0 Å². The predicted molar refractivity (Wildman–Crippen MR) is 95.5 cm³/mol. The molecule has 136 valence electrons. The molecular formula is C13H14BrN3O6S2. The average Bonchev–Trinajstić information content (AvgIpc) is 2.85. The number of hydrogen-bond acceptors (Lipinski definition) is 7. The molecule has 0 saturated carbocycles. The standard InChI is InChI=1S/C13H14BrN3O6S2/c1-8-6-12(23-16-8)13(18)15-9-4-5-11(10(14)7-9)17(24(2,19)20)25(3,21)22/h4-7H,1-3H3,(H,15,18). The van der Waals surface area contributed by atoms with Crippen molar-refractivity contribution in [3.63, 3.8) is 0 Å². The van der Waals surface area contributed by atoms with Crippen molar-refractivity contribution < 1.29 is 26.2 Å². The van der Waals surface area contributed by atoms with Crippen LogP contribution in [0.25, 0.3) is 0 Å². The van der Waals surface area contributed by atoms with Gasteiger partial charge in [0.15, 0.2) is 0 Å². The average molecular weight is 452 g/mol. The molecule has 9 nitrogen and oxygen atoms in total. The molecule has 2 aromatic rings. The Hall–Kier alpha value is -1.92. The van der Waals surface area contributed by atoms with E-state index in [0.29, 0.717) is 15.1 Å². The van der Waals surface area contributed by atoms with E-state index in [1.165, 1.54) is 24.3 Å². The Balaban J connectivity index is 2.36. The highest BCUT2D eigenvalue weighted by atomic mass is 79.9. The van der Waals surface area contributed by atoms with E-state index in [1.54, 1.807) is 6.92 Å². The Morgan fingerprint density at radius 2 is 1.76 bits per heavy atom. The van der Waals surface area contributed by atoms with Gasteiger partial charge in [-0.25, -0.2) is 16.8 Å².